The third kappa shape index (κ3) is 3.41. The largest absolute Gasteiger partial charge is 0.495 e. The van der Waals surface area contributed by atoms with Gasteiger partial charge in [-0.2, -0.15) is 0 Å². The van der Waals surface area contributed by atoms with Gasteiger partial charge in [0.1, 0.15) is 5.75 Å². The summed E-state index contributed by atoms with van der Waals surface area (Å²) in [6, 6.07) is 14.4. The van der Waals surface area contributed by atoms with Crippen molar-refractivity contribution in [2.75, 3.05) is 18.2 Å². The van der Waals surface area contributed by atoms with Gasteiger partial charge in [-0.05, 0) is 30.3 Å². The number of nitrogen functional groups attached to an aromatic ring is 1. The van der Waals surface area contributed by atoms with Gasteiger partial charge in [0.05, 0.1) is 35.5 Å². The second-order valence-electron chi connectivity index (χ2n) is 5.30. The van der Waals surface area contributed by atoms with Crippen molar-refractivity contribution in [1.82, 2.24) is 4.98 Å². The standard InChI is InChI=1S/C18H16ClN3O2/c1-24-16-8-7-12(9-14(16)19)21-17(23)10-13-6-5-11-3-2-4-15(20)18(11)22-13/h2-9H,10,20H2,1H3,(H,21,23). The second kappa shape index (κ2) is 6.76. The van der Waals surface area contributed by atoms with E-state index in [4.69, 9.17) is 22.1 Å². The van der Waals surface area contributed by atoms with E-state index < -0.39 is 0 Å². The highest BCUT2D eigenvalue weighted by molar-refractivity contribution is 6.32. The maximum Gasteiger partial charge on any atom is 0.230 e. The van der Waals surface area contributed by atoms with Gasteiger partial charge in [0, 0.05) is 11.1 Å². The van der Waals surface area contributed by atoms with E-state index in [1.165, 1.54) is 7.11 Å². The van der Waals surface area contributed by atoms with E-state index in [1.54, 1.807) is 24.3 Å². The van der Waals surface area contributed by atoms with Crippen molar-refractivity contribution in [3.63, 3.8) is 0 Å². The lowest BCUT2D eigenvalue weighted by molar-refractivity contribution is -0.115. The van der Waals surface area contributed by atoms with Crippen molar-refractivity contribution in [2.45, 2.75) is 6.42 Å². The number of ether oxygens (including phenoxy) is 1. The third-order valence-electron chi connectivity index (χ3n) is 3.59. The van der Waals surface area contributed by atoms with Crippen LogP contribution in [-0.4, -0.2) is 18.0 Å². The lowest BCUT2D eigenvalue weighted by Gasteiger charge is -2.08. The molecule has 3 aromatic rings. The average molecular weight is 342 g/mol. The number of rotatable bonds is 4. The number of hydrogen-bond donors (Lipinski definition) is 2. The number of hydrogen-bond acceptors (Lipinski definition) is 4. The smallest absolute Gasteiger partial charge is 0.230 e. The van der Waals surface area contributed by atoms with Gasteiger partial charge in [-0.25, -0.2) is 0 Å². The number of carbonyl (C=O) groups excluding carboxylic acids is 1. The topological polar surface area (TPSA) is 77.2 Å². The van der Waals surface area contributed by atoms with Crippen LogP contribution in [0.25, 0.3) is 10.9 Å². The molecule has 0 atom stereocenters. The molecule has 24 heavy (non-hydrogen) atoms. The molecule has 2 aromatic carbocycles. The molecule has 1 aromatic heterocycles. The van der Waals surface area contributed by atoms with Gasteiger partial charge >= 0.3 is 0 Å². The number of methoxy groups -OCH3 is 1. The summed E-state index contributed by atoms with van der Waals surface area (Å²) in [6.07, 6.45) is 0.147. The van der Waals surface area contributed by atoms with Crippen LogP contribution in [0.4, 0.5) is 11.4 Å². The van der Waals surface area contributed by atoms with Gasteiger partial charge in [-0.15, -0.1) is 0 Å². The first-order valence-corrected chi connectivity index (χ1v) is 7.72. The van der Waals surface area contributed by atoms with Gasteiger partial charge in [0.15, 0.2) is 0 Å². The fourth-order valence-corrected chi connectivity index (χ4v) is 2.68. The van der Waals surface area contributed by atoms with Crippen LogP contribution in [0.15, 0.2) is 48.5 Å². The molecule has 5 nitrogen and oxygen atoms in total. The Hall–Kier alpha value is -2.79. The maximum atomic E-state index is 12.2. The van der Waals surface area contributed by atoms with Crippen molar-refractivity contribution in [2.24, 2.45) is 0 Å². The van der Waals surface area contributed by atoms with Crippen molar-refractivity contribution in [3.05, 3.63) is 59.2 Å². The summed E-state index contributed by atoms with van der Waals surface area (Å²) in [5.74, 6) is 0.374. The molecule has 0 unspecified atom stereocenters. The zero-order valence-electron chi connectivity index (χ0n) is 13.0. The van der Waals surface area contributed by atoms with E-state index >= 15 is 0 Å². The fourth-order valence-electron chi connectivity index (χ4n) is 2.42. The number of carbonyl (C=O) groups is 1. The zero-order valence-corrected chi connectivity index (χ0v) is 13.8. The monoisotopic (exact) mass is 341 g/mol. The van der Waals surface area contributed by atoms with Crippen molar-refractivity contribution < 1.29 is 9.53 Å². The van der Waals surface area contributed by atoms with E-state index in [9.17, 15) is 4.79 Å². The van der Waals surface area contributed by atoms with Crippen LogP contribution in [0.5, 0.6) is 5.75 Å². The van der Waals surface area contributed by atoms with Gasteiger partial charge in [0.25, 0.3) is 0 Å². The Bertz CT molecular complexity index is 912. The first-order chi connectivity index (χ1) is 11.6. The molecular formula is C18H16ClN3O2. The molecule has 3 N–H and O–H groups in total. The van der Waals surface area contributed by atoms with E-state index in [-0.39, 0.29) is 12.3 Å². The molecule has 1 amide bonds. The minimum absolute atomic E-state index is 0.147. The lowest BCUT2D eigenvalue weighted by Crippen LogP contribution is -2.15. The van der Waals surface area contributed by atoms with Gasteiger partial charge in [-0.3, -0.25) is 9.78 Å². The fraction of sp³-hybridized carbons (Fsp3) is 0.111. The molecular weight excluding hydrogens is 326 g/mol. The maximum absolute atomic E-state index is 12.2. The van der Waals surface area contributed by atoms with Crippen LogP contribution in [0.3, 0.4) is 0 Å². The number of pyridine rings is 1. The van der Waals surface area contributed by atoms with E-state index in [2.05, 4.69) is 10.3 Å². The lowest BCUT2D eigenvalue weighted by atomic mass is 10.1. The number of nitrogens with two attached hydrogens (primary N) is 1. The molecule has 0 bridgehead atoms. The van der Waals surface area contributed by atoms with Crippen LogP contribution in [0.2, 0.25) is 5.02 Å². The number of amides is 1. The van der Waals surface area contributed by atoms with Crippen LogP contribution < -0.4 is 15.8 Å². The van der Waals surface area contributed by atoms with Gasteiger partial charge in [-0.1, -0.05) is 29.8 Å². The normalized spacial score (nSPS) is 10.6. The summed E-state index contributed by atoms with van der Waals surface area (Å²) in [5, 5.41) is 4.18. The first kappa shape index (κ1) is 16.1. The van der Waals surface area contributed by atoms with E-state index in [1.807, 2.05) is 24.3 Å². The summed E-state index contributed by atoms with van der Waals surface area (Å²) >= 11 is 6.05. The number of halogens is 1. The molecule has 3 rings (SSSR count). The minimum atomic E-state index is -0.183. The van der Waals surface area contributed by atoms with Crippen LogP contribution in [0.1, 0.15) is 5.69 Å². The number of para-hydroxylation sites is 1. The third-order valence-corrected chi connectivity index (χ3v) is 3.88. The van der Waals surface area contributed by atoms with Crippen LogP contribution in [-0.2, 0) is 11.2 Å². The summed E-state index contributed by atoms with van der Waals surface area (Å²) in [4.78, 5) is 16.7. The van der Waals surface area contributed by atoms with Crippen LogP contribution in [0, 0.1) is 0 Å². The molecule has 0 saturated heterocycles. The van der Waals surface area contributed by atoms with Gasteiger partial charge < -0.3 is 15.8 Å². The summed E-state index contributed by atoms with van der Waals surface area (Å²) < 4.78 is 5.09. The number of aromatic nitrogens is 1. The number of nitrogens with zero attached hydrogens (tertiary/aromatic N) is 1. The zero-order chi connectivity index (χ0) is 17.1. The molecule has 0 radical (unpaired) electrons. The summed E-state index contributed by atoms with van der Waals surface area (Å²) in [5.41, 5.74) is 8.49. The summed E-state index contributed by atoms with van der Waals surface area (Å²) in [7, 11) is 1.54. The molecule has 0 saturated carbocycles. The average Bonchev–Trinajstić information content (AvgIpc) is 2.56. The minimum Gasteiger partial charge on any atom is -0.495 e. The van der Waals surface area contributed by atoms with Crippen molar-refractivity contribution in [1.29, 1.82) is 0 Å². The second-order valence-corrected chi connectivity index (χ2v) is 5.70. The molecule has 0 aliphatic carbocycles. The Labute approximate surface area is 144 Å². The Balaban J connectivity index is 1.75. The Morgan fingerprint density at radius 3 is 2.83 bits per heavy atom. The molecule has 0 aliphatic heterocycles. The van der Waals surface area contributed by atoms with Crippen molar-refractivity contribution >= 4 is 39.8 Å². The molecule has 1 heterocycles. The van der Waals surface area contributed by atoms with E-state index in [0.29, 0.717) is 33.4 Å². The van der Waals surface area contributed by atoms with E-state index in [0.717, 1.165) is 5.39 Å². The number of benzene rings is 2. The van der Waals surface area contributed by atoms with Gasteiger partial charge in [0.2, 0.25) is 5.91 Å². The highest BCUT2D eigenvalue weighted by Gasteiger charge is 2.09. The molecule has 0 fully saturated rings. The Morgan fingerprint density at radius 2 is 2.08 bits per heavy atom. The SMILES string of the molecule is COc1ccc(NC(=O)Cc2ccc3cccc(N)c3n2)cc1Cl. The predicted molar refractivity (Wildman–Crippen MR) is 96.5 cm³/mol. The number of anilines is 2. The van der Waals surface area contributed by atoms with Crippen LogP contribution >= 0.6 is 11.6 Å². The molecule has 0 spiro atoms. The highest BCUT2D eigenvalue weighted by atomic mass is 35.5. The molecule has 122 valence electrons. The predicted octanol–water partition coefficient (Wildman–Crippen LogP) is 3.66. The Kier molecular flexibility index (Phi) is 4.53. The quantitative estimate of drug-likeness (QED) is 0.710. The number of fused-ring (bicyclic) bond motifs is 1. The number of nitrogens with one attached hydrogen (secondary N) is 1. The summed E-state index contributed by atoms with van der Waals surface area (Å²) in [6.45, 7) is 0. The molecule has 0 aliphatic rings. The Morgan fingerprint density at radius 1 is 1.25 bits per heavy atom. The molecule has 6 heteroatoms. The van der Waals surface area contributed by atoms with Crippen molar-refractivity contribution in [3.8, 4) is 5.75 Å². The first-order valence-electron chi connectivity index (χ1n) is 7.34. The highest BCUT2D eigenvalue weighted by Crippen LogP contribution is 2.27.